The van der Waals surface area contributed by atoms with Crippen LogP contribution in [0.15, 0.2) is 54.9 Å². The normalized spacial score (nSPS) is 13.2. The van der Waals surface area contributed by atoms with Crippen molar-refractivity contribution in [3.8, 4) is 16.9 Å². The summed E-state index contributed by atoms with van der Waals surface area (Å²) in [5, 5.41) is 14.7. The van der Waals surface area contributed by atoms with Gasteiger partial charge in [0.1, 0.15) is 23.3 Å². The van der Waals surface area contributed by atoms with Crippen LogP contribution in [0.25, 0.3) is 11.1 Å². The van der Waals surface area contributed by atoms with E-state index in [-0.39, 0.29) is 5.02 Å². The zero-order chi connectivity index (χ0) is 25.0. The topological polar surface area (TPSA) is 80.7 Å². The molecule has 0 aliphatic carbocycles. The molecule has 1 heterocycles. The van der Waals surface area contributed by atoms with Crippen molar-refractivity contribution in [2.24, 2.45) is 0 Å². The van der Waals surface area contributed by atoms with E-state index in [0.29, 0.717) is 33.0 Å². The smallest absolute Gasteiger partial charge is 0.408 e. The van der Waals surface area contributed by atoms with E-state index < -0.39 is 29.7 Å². The molecule has 2 unspecified atom stereocenters. The van der Waals surface area contributed by atoms with Crippen LogP contribution in [-0.2, 0) is 4.74 Å². The Morgan fingerprint density at radius 2 is 1.79 bits per heavy atom. The summed E-state index contributed by atoms with van der Waals surface area (Å²) in [6.07, 6.45) is 0.669. The highest BCUT2D eigenvalue weighted by Gasteiger charge is 2.29. The van der Waals surface area contributed by atoms with Crippen molar-refractivity contribution in [1.29, 1.82) is 0 Å². The maximum Gasteiger partial charge on any atom is 0.408 e. The Morgan fingerprint density at radius 3 is 2.41 bits per heavy atom. The van der Waals surface area contributed by atoms with Crippen molar-refractivity contribution < 1.29 is 23.8 Å². The van der Waals surface area contributed by atoms with Gasteiger partial charge in [0.2, 0.25) is 0 Å². The molecule has 1 aromatic heterocycles. The molecular formula is C25H25Cl2FN2O4. The Labute approximate surface area is 207 Å². The van der Waals surface area contributed by atoms with Crippen LogP contribution >= 0.6 is 23.2 Å². The first kappa shape index (κ1) is 25.7. The minimum Gasteiger partial charge on any atom is -0.496 e. The van der Waals surface area contributed by atoms with E-state index >= 15 is 0 Å². The third kappa shape index (κ3) is 6.38. The summed E-state index contributed by atoms with van der Waals surface area (Å²) in [5.74, 6) is -0.132. The number of methoxy groups -OCH3 is 1. The van der Waals surface area contributed by atoms with Crippen LogP contribution in [-0.4, -0.2) is 28.9 Å². The van der Waals surface area contributed by atoms with Gasteiger partial charge in [-0.2, -0.15) is 0 Å². The van der Waals surface area contributed by atoms with Crippen molar-refractivity contribution >= 4 is 29.3 Å². The van der Waals surface area contributed by atoms with Crippen LogP contribution in [0.4, 0.5) is 9.18 Å². The molecule has 3 aromatic rings. The minimum absolute atomic E-state index is 0.267. The van der Waals surface area contributed by atoms with Crippen molar-refractivity contribution in [2.45, 2.75) is 38.5 Å². The fourth-order valence-corrected chi connectivity index (χ4v) is 3.68. The molecule has 0 spiro atoms. The number of carbonyl (C=O) groups excluding carboxylic acids is 1. The lowest BCUT2D eigenvalue weighted by Gasteiger charge is -2.28. The predicted octanol–water partition coefficient (Wildman–Crippen LogP) is 6.50. The average molecular weight is 507 g/mol. The number of nitrogens with zero attached hydrogens (tertiary/aromatic N) is 1. The fraction of sp³-hybridized carbons (Fsp3) is 0.280. The molecule has 1 amide bonds. The zero-order valence-electron chi connectivity index (χ0n) is 19.1. The predicted molar refractivity (Wildman–Crippen MR) is 130 cm³/mol. The summed E-state index contributed by atoms with van der Waals surface area (Å²) in [6, 6.07) is 10.2. The number of pyridine rings is 1. The highest BCUT2D eigenvalue weighted by molar-refractivity contribution is 6.42. The number of nitrogens with one attached hydrogen (secondary N) is 1. The second kappa shape index (κ2) is 10.6. The zero-order valence-corrected chi connectivity index (χ0v) is 20.6. The molecule has 0 bridgehead atoms. The van der Waals surface area contributed by atoms with Crippen LogP contribution in [0.1, 0.15) is 44.0 Å². The lowest BCUT2D eigenvalue weighted by molar-refractivity contribution is 0.0416. The molecule has 2 aromatic carbocycles. The van der Waals surface area contributed by atoms with Gasteiger partial charge in [-0.05, 0) is 56.2 Å². The summed E-state index contributed by atoms with van der Waals surface area (Å²) in [5.41, 5.74) is 1.35. The van der Waals surface area contributed by atoms with E-state index in [4.69, 9.17) is 32.7 Å². The van der Waals surface area contributed by atoms with E-state index in [2.05, 4.69) is 10.3 Å². The number of hydrogen-bond donors (Lipinski definition) is 2. The quantitative estimate of drug-likeness (QED) is 0.398. The number of carbonyl (C=O) groups is 1. The Hall–Kier alpha value is -2.87. The molecule has 2 atom stereocenters. The molecule has 0 saturated heterocycles. The summed E-state index contributed by atoms with van der Waals surface area (Å²) in [7, 11) is 1.45. The first-order chi connectivity index (χ1) is 16.0. The second-order valence-electron chi connectivity index (χ2n) is 8.59. The number of benzene rings is 2. The SMILES string of the molecule is COc1cc(-c2cncc(F)c2)ccc1C(O)C(NC(=O)OC(C)(C)C)c1ccc(Cl)c(Cl)c1. The molecule has 180 valence electrons. The highest BCUT2D eigenvalue weighted by atomic mass is 35.5. The largest absolute Gasteiger partial charge is 0.496 e. The molecule has 0 saturated carbocycles. The van der Waals surface area contributed by atoms with Crippen LogP contribution in [0.3, 0.4) is 0 Å². The van der Waals surface area contributed by atoms with Gasteiger partial charge in [-0.3, -0.25) is 4.98 Å². The van der Waals surface area contributed by atoms with Crippen LogP contribution < -0.4 is 10.1 Å². The molecule has 0 aliphatic heterocycles. The second-order valence-corrected chi connectivity index (χ2v) is 9.41. The van der Waals surface area contributed by atoms with Crippen molar-refractivity contribution in [2.75, 3.05) is 7.11 Å². The van der Waals surface area contributed by atoms with Gasteiger partial charge in [0, 0.05) is 17.3 Å². The van der Waals surface area contributed by atoms with Gasteiger partial charge in [0.05, 0.1) is 29.4 Å². The van der Waals surface area contributed by atoms with Gasteiger partial charge in [0.25, 0.3) is 0 Å². The van der Waals surface area contributed by atoms with Gasteiger partial charge in [-0.15, -0.1) is 0 Å². The minimum atomic E-state index is -1.25. The van der Waals surface area contributed by atoms with Crippen molar-refractivity contribution in [3.63, 3.8) is 0 Å². The molecule has 0 aliphatic rings. The van der Waals surface area contributed by atoms with Gasteiger partial charge < -0.3 is 19.9 Å². The van der Waals surface area contributed by atoms with E-state index in [1.165, 1.54) is 19.4 Å². The molecule has 0 radical (unpaired) electrons. The molecule has 2 N–H and O–H groups in total. The average Bonchev–Trinajstić information content (AvgIpc) is 2.77. The summed E-state index contributed by atoms with van der Waals surface area (Å²) in [4.78, 5) is 16.4. The standard InChI is InChI=1S/C25H25Cl2FN2O4/c1-25(2,3)34-24(32)30-22(15-6-8-19(26)20(27)10-15)23(31)18-7-5-14(11-21(18)33-4)16-9-17(28)13-29-12-16/h5-13,22-23,31H,1-4H3,(H,30,32). The number of ether oxygens (including phenoxy) is 2. The van der Waals surface area contributed by atoms with Gasteiger partial charge in [-0.25, -0.2) is 9.18 Å². The number of aromatic nitrogens is 1. The highest BCUT2D eigenvalue weighted by Crippen LogP contribution is 2.38. The van der Waals surface area contributed by atoms with Crippen molar-refractivity contribution in [3.05, 3.63) is 81.8 Å². The Bertz CT molecular complexity index is 1180. The number of hydrogen-bond acceptors (Lipinski definition) is 5. The summed E-state index contributed by atoms with van der Waals surface area (Å²) in [6.45, 7) is 5.21. The van der Waals surface area contributed by atoms with Gasteiger partial charge >= 0.3 is 6.09 Å². The maximum absolute atomic E-state index is 13.6. The number of alkyl carbamates (subject to hydrolysis) is 1. The number of aliphatic hydroxyl groups excluding tert-OH is 1. The van der Waals surface area contributed by atoms with E-state index in [1.807, 2.05) is 0 Å². The Morgan fingerprint density at radius 1 is 1.06 bits per heavy atom. The van der Waals surface area contributed by atoms with Crippen LogP contribution in [0.5, 0.6) is 5.75 Å². The van der Waals surface area contributed by atoms with E-state index in [9.17, 15) is 14.3 Å². The summed E-state index contributed by atoms with van der Waals surface area (Å²) >= 11 is 12.2. The third-order valence-electron chi connectivity index (χ3n) is 4.88. The molecule has 6 nitrogen and oxygen atoms in total. The third-order valence-corrected chi connectivity index (χ3v) is 5.62. The molecular weight excluding hydrogens is 482 g/mol. The van der Waals surface area contributed by atoms with E-state index in [0.717, 1.165) is 6.20 Å². The number of halogens is 3. The first-order valence-corrected chi connectivity index (χ1v) is 11.2. The Balaban J connectivity index is 2.01. The molecule has 34 heavy (non-hydrogen) atoms. The molecule has 0 fully saturated rings. The first-order valence-electron chi connectivity index (χ1n) is 10.4. The molecule has 9 heteroatoms. The lowest BCUT2D eigenvalue weighted by Crippen LogP contribution is -2.37. The van der Waals surface area contributed by atoms with Crippen molar-refractivity contribution in [1.82, 2.24) is 10.3 Å². The number of aliphatic hydroxyl groups is 1. The van der Waals surface area contributed by atoms with Crippen LogP contribution in [0.2, 0.25) is 10.0 Å². The molecule has 3 rings (SSSR count). The fourth-order valence-electron chi connectivity index (χ4n) is 3.37. The van der Waals surface area contributed by atoms with Gasteiger partial charge in [-0.1, -0.05) is 41.4 Å². The van der Waals surface area contributed by atoms with Crippen LogP contribution in [0, 0.1) is 5.82 Å². The lowest BCUT2D eigenvalue weighted by atomic mass is 9.93. The monoisotopic (exact) mass is 506 g/mol. The van der Waals surface area contributed by atoms with Gasteiger partial charge in [0.15, 0.2) is 0 Å². The summed E-state index contributed by atoms with van der Waals surface area (Å²) < 4.78 is 24.5. The van der Waals surface area contributed by atoms with E-state index in [1.54, 1.807) is 57.2 Å². The Kier molecular flexibility index (Phi) is 8.02. The number of amides is 1. The maximum atomic E-state index is 13.6. The number of rotatable bonds is 6.